The smallest absolute Gasteiger partial charge is 0.234 e. The quantitative estimate of drug-likeness (QED) is 0.277. The highest BCUT2D eigenvalue weighted by Crippen LogP contribution is 2.34. The molecule has 174 valence electrons. The Bertz CT molecular complexity index is 1400. The molecule has 7 heteroatoms. The molecule has 1 N–H and O–H groups in total. The number of nitrogens with one attached hydrogen (secondary N) is 1. The molecule has 0 fully saturated rings. The molecule has 0 bridgehead atoms. The molecule has 0 aliphatic heterocycles. The lowest BCUT2D eigenvalue weighted by Crippen LogP contribution is -2.15. The molecule has 0 aliphatic carbocycles. The van der Waals surface area contributed by atoms with E-state index in [1.165, 1.54) is 11.8 Å². The maximum absolute atomic E-state index is 12.7. The lowest BCUT2D eigenvalue weighted by molar-refractivity contribution is -0.113. The van der Waals surface area contributed by atoms with E-state index >= 15 is 0 Å². The minimum Gasteiger partial charge on any atom is -0.497 e. The van der Waals surface area contributed by atoms with Gasteiger partial charge in [0.15, 0.2) is 0 Å². The zero-order valence-electron chi connectivity index (χ0n) is 19.2. The van der Waals surface area contributed by atoms with Crippen molar-refractivity contribution in [2.24, 2.45) is 0 Å². The lowest BCUT2D eigenvalue weighted by atomic mass is 9.99. The van der Waals surface area contributed by atoms with Crippen molar-refractivity contribution < 1.29 is 9.53 Å². The van der Waals surface area contributed by atoms with Crippen LogP contribution in [-0.4, -0.2) is 23.8 Å². The van der Waals surface area contributed by atoms with Gasteiger partial charge >= 0.3 is 0 Å². The summed E-state index contributed by atoms with van der Waals surface area (Å²) in [5, 5.41) is 14.0. The molecular formula is C28H22ClN3O2S. The Morgan fingerprint density at radius 2 is 1.80 bits per heavy atom. The number of benzene rings is 3. The summed E-state index contributed by atoms with van der Waals surface area (Å²) in [7, 11) is 1.62. The first kappa shape index (κ1) is 24.3. The monoisotopic (exact) mass is 499 g/mol. The fourth-order valence-electron chi connectivity index (χ4n) is 3.54. The number of pyridine rings is 1. The van der Waals surface area contributed by atoms with Crippen LogP contribution in [0, 0.1) is 18.3 Å². The summed E-state index contributed by atoms with van der Waals surface area (Å²) in [4.78, 5) is 17.5. The summed E-state index contributed by atoms with van der Waals surface area (Å²) in [6, 6.07) is 26.8. The fourth-order valence-corrected chi connectivity index (χ4v) is 4.51. The zero-order valence-corrected chi connectivity index (χ0v) is 20.8. The molecule has 1 amide bonds. The van der Waals surface area contributed by atoms with Gasteiger partial charge < -0.3 is 10.1 Å². The van der Waals surface area contributed by atoms with Crippen LogP contribution in [-0.2, 0) is 4.79 Å². The molecule has 4 aromatic rings. The zero-order chi connectivity index (χ0) is 24.8. The van der Waals surface area contributed by atoms with Crippen LogP contribution in [0.2, 0.25) is 5.02 Å². The number of carbonyl (C=O) groups is 1. The van der Waals surface area contributed by atoms with Gasteiger partial charge in [0, 0.05) is 21.8 Å². The van der Waals surface area contributed by atoms with Crippen LogP contribution in [0.25, 0.3) is 22.4 Å². The Hall–Kier alpha value is -3.79. The number of aryl methyl sites for hydroxylation is 1. The number of aromatic nitrogens is 1. The Morgan fingerprint density at radius 1 is 1.06 bits per heavy atom. The third-order valence-electron chi connectivity index (χ3n) is 5.38. The Balaban J connectivity index is 1.68. The van der Waals surface area contributed by atoms with E-state index in [9.17, 15) is 10.1 Å². The van der Waals surface area contributed by atoms with Crippen molar-refractivity contribution in [3.05, 3.63) is 95.0 Å². The number of hydrogen-bond donors (Lipinski definition) is 1. The molecule has 0 unspecified atom stereocenters. The summed E-state index contributed by atoms with van der Waals surface area (Å²) in [6.07, 6.45) is 0. The number of amides is 1. The van der Waals surface area contributed by atoms with Crippen LogP contribution >= 0.6 is 23.4 Å². The molecule has 5 nitrogen and oxygen atoms in total. The molecule has 4 rings (SSSR count). The Kier molecular flexibility index (Phi) is 7.71. The van der Waals surface area contributed by atoms with Crippen molar-refractivity contribution in [3.8, 4) is 34.2 Å². The van der Waals surface area contributed by atoms with E-state index in [1.54, 1.807) is 19.2 Å². The third-order valence-corrected chi connectivity index (χ3v) is 6.59. The number of rotatable bonds is 7. The van der Waals surface area contributed by atoms with Crippen molar-refractivity contribution in [1.29, 1.82) is 5.26 Å². The molecule has 1 heterocycles. The van der Waals surface area contributed by atoms with Gasteiger partial charge in [-0.25, -0.2) is 4.98 Å². The Labute approximate surface area is 213 Å². The molecule has 3 aromatic carbocycles. The number of nitriles is 1. The highest BCUT2D eigenvalue weighted by Gasteiger charge is 2.17. The number of halogens is 1. The predicted molar refractivity (Wildman–Crippen MR) is 142 cm³/mol. The molecular weight excluding hydrogens is 478 g/mol. The molecule has 0 radical (unpaired) electrons. The average Bonchev–Trinajstić information content (AvgIpc) is 2.89. The van der Waals surface area contributed by atoms with Crippen LogP contribution < -0.4 is 10.1 Å². The van der Waals surface area contributed by atoms with Crippen molar-refractivity contribution in [2.45, 2.75) is 11.9 Å². The predicted octanol–water partition coefficient (Wildman–Crippen LogP) is 6.99. The highest BCUT2D eigenvalue weighted by atomic mass is 35.5. The molecule has 35 heavy (non-hydrogen) atoms. The number of methoxy groups -OCH3 is 1. The second-order valence-corrected chi connectivity index (χ2v) is 9.14. The maximum atomic E-state index is 12.7. The first-order valence-corrected chi connectivity index (χ1v) is 12.2. The number of carbonyl (C=O) groups excluding carboxylic acids is 1. The lowest BCUT2D eigenvalue weighted by Gasteiger charge is -2.13. The van der Waals surface area contributed by atoms with Crippen molar-refractivity contribution >= 4 is 35.0 Å². The molecule has 0 saturated carbocycles. The van der Waals surface area contributed by atoms with Gasteiger partial charge in [-0.15, -0.1) is 0 Å². The summed E-state index contributed by atoms with van der Waals surface area (Å²) >= 11 is 7.30. The third kappa shape index (κ3) is 5.83. The van der Waals surface area contributed by atoms with Gasteiger partial charge in [0.1, 0.15) is 16.8 Å². The number of thioether (sulfide) groups is 1. The van der Waals surface area contributed by atoms with Gasteiger partial charge in [0.25, 0.3) is 0 Å². The molecule has 0 atom stereocenters. The normalized spacial score (nSPS) is 10.5. The van der Waals surface area contributed by atoms with Crippen LogP contribution in [0.4, 0.5) is 5.69 Å². The summed E-state index contributed by atoms with van der Waals surface area (Å²) in [5.41, 5.74) is 5.27. The van der Waals surface area contributed by atoms with Crippen LogP contribution in [0.1, 0.15) is 11.1 Å². The van der Waals surface area contributed by atoms with E-state index in [4.69, 9.17) is 21.3 Å². The number of nitrogens with zero attached hydrogens (tertiary/aromatic N) is 2. The summed E-state index contributed by atoms with van der Waals surface area (Å²) < 4.78 is 5.27. The minimum absolute atomic E-state index is 0.0912. The average molecular weight is 500 g/mol. The fraction of sp³-hybridized carbons (Fsp3) is 0.107. The van der Waals surface area contributed by atoms with Gasteiger partial charge in [-0.1, -0.05) is 59.8 Å². The van der Waals surface area contributed by atoms with Crippen LogP contribution in [0.15, 0.2) is 83.9 Å². The van der Waals surface area contributed by atoms with E-state index in [0.29, 0.717) is 27.0 Å². The van der Waals surface area contributed by atoms with Crippen LogP contribution in [0.5, 0.6) is 5.75 Å². The standard InChI is InChI=1S/C28H22ClN3O2S/c1-18-8-11-21(29)14-25(18)31-27(33)17-35-28-24(16-30)23(19-6-4-3-5-7-19)15-26(32-28)20-9-12-22(34-2)13-10-20/h3-15H,17H2,1-2H3,(H,31,33). The van der Waals surface area contributed by atoms with Gasteiger partial charge in [-0.05, 0) is 60.5 Å². The first-order chi connectivity index (χ1) is 17.0. The van der Waals surface area contributed by atoms with Gasteiger partial charge in [-0.3, -0.25) is 4.79 Å². The maximum Gasteiger partial charge on any atom is 0.234 e. The SMILES string of the molecule is COc1ccc(-c2cc(-c3ccccc3)c(C#N)c(SCC(=O)Nc3cc(Cl)ccc3C)n2)cc1. The van der Waals surface area contributed by atoms with E-state index in [1.807, 2.05) is 73.7 Å². The number of hydrogen-bond acceptors (Lipinski definition) is 5. The first-order valence-electron chi connectivity index (χ1n) is 10.8. The summed E-state index contributed by atoms with van der Waals surface area (Å²) in [6.45, 7) is 1.90. The van der Waals surface area contributed by atoms with Gasteiger partial charge in [-0.2, -0.15) is 5.26 Å². The molecule has 1 aromatic heterocycles. The number of anilines is 1. The van der Waals surface area contributed by atoms with Crippen molar-refractivity contribution in [3.63, 3.8) is 0 Å². The van der Waals surface area contributed by atoms with E-state index in [0.717, 1.165) is 28.0 Å². The van der Waals surface area contributed by atoms with Crippen molar-refractivity contribution in [2.75, 3.05) is 18.2 Å². The second kappa shape index (κ2) is 11.1. The van der Waals surface area contributed by atoms with E-state index in [2.05, 4.69) is 11.4 Å². The topological polar surface area (TPSA) is 75.0 Å². The van der Waals surface area contributed by atoms with Gasteiger partial charge in [0.2, 0.25) is 5.91 Å². The second-order valence-electron chi connectivity index (χ2n) is 7.74. The minimum atomic E-state index is -0.206. The van der Waals surface area contributed by atoms with Gasteiger partial charge in [0.05, 0.1) is 24.1 Å². The number of ether oxygens (including phenoxy) is 1. The summed E-state index contributed by atoms with van der Waals surface area (Å²) in [5.74, 6) is 0.629. The molecule has 0 spiro atoms. The highest BCUT2D eigenvalue weighted by molar-refractivity contribution is 8.00. The van der Waals surface area contributed by atoms with Crippen molar-refractivity contribution in [1.82, 2.24) is 4.98 Å². The van der Waals surface area contributed by atoms with E-state index in [-0.39, 0.29) is 11.7 Å². The molecule has 0 aliphatic rings. The molecule has 0 saturated heterocycles. The van der Waals surface area contributed by atoms with Crippen LogP contribution in [0.3, 0.4) is 0 Å². The largest absolute Gasteiger partial charge is 0.497 e. The van der Waals surface area contributed by atoms with E-state index < -0.39 is 0 Å². The Morgan fingerprint density at radius 3 is 2.49 bits per heavy atom.